The van der Waals surface area contributed by atoms with Gasteiger partial charge in [0.15, 0.2) is 0 Å². The minimum absolute atomic E-state index is 0.293. The Kier molecular flexibility index (Phi) is 3.01. The number of hydrogen-bond acceptors (Lipinski definition) is 3. The molecule has 0 saturated heterocycles. The number of nitrogen functional groups attached to an aromatic ring is 1. The van der Waals surface area contributed by atoms with Crippen LogP contribution in [0.25, 0.3) is 0 Å². The van der Waals surface area contributed by atoms with Gasteiger partial charge in [0.05, 0.1) is 16.8 Å². The fourth-order valence-corrected chi connectivity index (χ4v) is 1.67. The lowest BCUT2D eigenvalue weighted by atomic mass is 10.2. The number of nitrogens with one attached hydrogen (secondary N) is 1. The number of aromatic nitrogens is 2. The molecule has 0 saturated carbocycles. The molecule has 2 aromatic rings. The van der Waals surface area contributed by atoms with E-state index in [2.05, 4.69) is 10.4 Å². The van der Waals surface area contributed by atoms with E-state index in [1.165, 1.54) is 0 Å². The minimum atomic E-state index is -0.293. The predicted octanol–water partition coefficient (Wildman–Crippen LogP) is 1.91. The molecule has 0 aliphatic heterocycles. The maximum Gasteiger partial charge on any atom is 0.258 e. The number of amides is 1. The normalized spacial score (nSPS) is 10.2. The van der Waals surface area contributed by atoms with Gasteiger partial charge in [-0.15, -0.1) is 0 Å². The highest BCUT2D eigenvalue weighted by Gasteiger charge is 2.11. The molecule has 0 radical (unpaired) electrons. The van der Waals surface area contributed by atoms with Crippen LogP contribution < -0.4 is 11.1 Å². The highest BCUT2D eigenvalue weighted by Crippen LogP contribution is 2.20. The standard InChI is InChI=1S/C11H11ClN4O/c1-16-10(4-5-14-16)15-11(17)8-3-2-7(13)6-9(8)12/h2-6H,13H2,1H3,(H,15,17). The Morgan fingerprint density at radius 3 is 2.82 bits per heavy atom. The van der Waals surface area contributed by atoms with Crippen molar-refractivity contribution >= 4 is 29.0 Å². The maximum absolute atomic E-state index is 11.9. The Balaban J connectivity index is 2.23. The molecule has 0 atom stereocenters. The van der Waals surface area contributed by atoms with Crippen LogP contribution in [0.15, 0.2) is 30.5 Å². The first kappa shape index (κ1) is 11.5. The molecule has 0 bridgehead atoms. The molecule has 0 aliphatic rings. The molecule has 2 rings (SSSR count). The molecule has 1 heterocycles. The number of halogens is 1. The lowest BCUT2D eigenvalue weighted by Crippen LogP contribution is -2.15. The largest absolute Gasteiger partial charge is 0.399 e. The van der Waals surface area contributed by atoms with E-state index in [-0.39, 0.29) is 5.91 Å². The number of rotatable bonds is 2. The lowest BCUT2D eigenvalue weighted by molar-refractivity contribution is 0.102. The first-order valence-electron chi connectivity index (χ1n) is 4.92. The summed E-state index contributed by atoms with van der Waals surface area (Å²) in [5, 5.41) is 6.98. The van der Waals surface area contributed by atoms with Gasteiger partial charge in [0, 0.05) is 18.8 Å². The summed E-state index contributed by atoms with van der Waals surface area (Å²) in [6, 6.07) is 6.45. The van der Waals surface area contributed by atoms with Crippen LogP contribution in [0.3, 0.4) is 0 Å². The van der Waals surface area contributed by atoms with Crippen molar-refractivity contribution in [1.82, 2.24) is 9.78 Å². The Labute approximate surface area is 103 Å². The zero-order chi connectivity index (χ0) is 12.4. The molecule has 6 heteroatoms. The molecule has 1 aromatic heterocycles. The molecule has 1 aromatic carbocycles. The molecular weight excluding hydrogens is 240 g/mol. The minimum Gasteiger partial charge on any atom is -0.399 e. The van der Waals surface area contributed by atoms with E-state index in [4.69, 9.17) is 17.3 Å². The molecule has 3 N–H and O–H groups in total. The molecule has 5 nitrogen and oxygen atoms in total. The molecule has 17 heavy (non-hydrogen) atoms. The summed E-state index contributed by atoms with van der Waals surface area (Å²) in [4.78, 5) is 11.9. The zero-order valence-corrected chi connectivity index (χ0v) is 9.90. The predicted molar refractivity (Wildman–Crippen MR) is 67.0 cm³/mol. The van der Waals surface area contributed by atoms with Crippen molar-refractivity contribution in [1.29, 1.82) is 0 Å². The second-order valence-corrected chi connectivity index (χ2v) is 3.94. The first-order chi connectivity index (χ1) is 8.08. The molecular formula is C11H11ClN4O. The summed E-state index contributed by atoms with van der Waals surface area (Å²) in [6.07, 6.45) is 1.60. The van der Waals surface area contributed by atoms with Crippen molar-refractivity contribution < 1.29 is 4.79 Å². The van der Waals surface area contributed by atoms with Crippen LogP contribution in [-0.2, 0) is 7.05 Å². The number of carbonyl (C=O) groups is 1. The average molecular weight is 251 g/mol. The fraction of sp³-hybridized carbons (Fsp3) is 0.0909. The van der Waals surface area contributed by atoms with Crippen LogP contribution >= 0.6 is 11.6 Å². The number of hydrogen-bond donors (Lipinski definition) is 2. The zero-order valence-electron chi connectivity index (χ0n) is 9.14. The third kappa shape index (κ3) is 2.39. The third-order valence-corrected chi connectivity index (χ3v) is 2.61. The van der Waals surface area contributed by atoms with Crippen molar-refractivity contribution in [3.05, 3.63) is 41.0 Å². The van der Waals surface area contributed by atoms with Crippen molar-refractivity contribution in [3.63, 3.8) is 0 Å². The van der Waals surface area contributed by atoms with Gasteiger partial charge in [0.25, 0.3) is 5.91 Å². The van der Waals surface area contributed by atoms with Crippen LogP contribution in [0.5, 0.6) is 0 Å². The smallest absolute Gasteiger partial charge is 0.258 e. The number of aryl methyl sites for hydroxylation is 1. The molecule has 1 amide bonds. The fourth-order valence-electron chi connectivity index (χ4n) is 1.40. The van der Waals surface area contributed by atoms with Gasteiger partial charge < -0.3 is 11.1 Å². The molecule has 0 unspecified atom stereocenters. The summed E-state index contributed by atoms with van der Waals surface area (Å²) in [5.74, 6) is 0.307. The lowest BCUT2D eigenvalue weighted by Gasteiger charge is -2.07. The second kappa shape index (κ2) is 4.47. The van der Waals surface area contributed by atoms with Crippen LogP contribution in [0.4, 0.5) is 11.5 Å². The summed E-state index contributed by atoms with van der Waals surface area (Å²) in [7, 11) is 1.74. The van der Waals surface area contributed by atoms with Crippen LogP contribution in [0, 0.1) is 0 Å². The first-order valence-corrected chi connectivity index (χ1v) is 5.30. The Morgan fingerprint density at radius 2 is 2.24 bits per heavy atom. The monoisotopic (exact) mass is 250 g/mol. The maximum atomic E-state index is 11.9. The van der Waals surface area contributed by atoms with E-state index in [0.29, 0.717) is 22.1 Å². The van der Waals surface area contributed by atoms with Crippen molar-refractivity contribution in [2.45, 2.75) is 0 Å². The van der Waals surface area contributed by atoms with E-state index >= 15 is 0 Å². The number of nitrogens with two attached hydrogens (primary N) is 1. The van der Waals surface area contributed by atoms with E-state index in [0.717, 1.165) is 0 Å². The second-order valence-electron chi connectivity index (χ2n) is 3.53. The number of benzene rings is 1. The Morgan fingerprint density at radius 1 is 1.47 bits per heavy atom. The van der Waals surface area contributed by atoms with Crippen molar-refractivity contribution in [2.24, 2.45) is 7.05 Å². The van der Waals surface area contributed by atoms with Crippen LogP contribution in [-0.4, -0.2) is 15.7 Å². The van der Waals surface area contributed by atoms with Gasteiger partial charge in [-0.3, -0.25) is 9.48 Å². The van der Waals surface area contributed by atoms with Crippen molar-refractivity contribution in [3.8, 4) is 0 Å². The topological polar surface area (TPSA) is 72.9 Å². The van der Waals surface area contributed by atoms with Gasteiger partial charge in [-0.1, -0.05) is 11.6 Å². The molecule has 0 fully saturated rings. The highest BCUT2D eigenvalue weighted by atomic mass is 35.5. The van der Waals surface area contributed by atoms with Gasteiger partial charge in [-0.2, -0.15) is 5.10 Å². The van der Waals surface area contributed by atoms with Gasteiger partial charge in [0.2, 0.25) is 0 Å². The van der Waals surface area contributed by atoms with Gasteiger partial charge in [-0.25, -0.2) is 0 Å². The number of anilines is 2. The van der Waals surface area contributed by atoms with Gasteiger partial charge in [0.1, 0.15) is 5.82 Å². The average Bonchev–Trinajstić information content (AvgIpc) is 2.64. The summed E-state index contributed by atoms with van der Waals surface area (Å²) in [6.45, 7) is 0. The number of carbonyl (C=O) groups excluding carboxylic acids is 1. The van der Waals surface area contributed by atoms with Gasteiger partial charge >= 0.3 is 0 Å². The Bertz CT molecular complexity index is 564. The van der Waals surface area contributed by atoms with E-state index in [9.17, 15) is 4.79 Å². The third-order valence-electron chi connectivity index (χ3n) is 2.30. The SMILES string of the molecule is Cn1nccc1NC(=O)c1ccc(N)cc1Cl. The summed E-state index contributed by atoms with van der Waals surface area (Å²) >= 11 is 5.94. The Hall–Kier alpha value is -2.01. The summed E-state index contributed by atoms with van der Waals surface area (Å²) in [5.41, 5.74) is 6.45. The summed E-state index contributed by atoms with van der Waals surface area (Å²) < 4.78 is 1.56. The quantitative estimate of drug-likeness (QED) is 0.800. The van der Waals surface area contributed by atoms with E-state index in [1.807, 2.05) is 0 Å². The highest BCUT2D eigenvalue weighted by molar-refractivity contribution is 6.34. The molecule has 0 spiro atoms. The number of nitrogens with zero attached hydrogens (tertiary/aromatic N) is 2. The van der Waals surface area contributed by atoms with Crippen molar-refractivity contribution in [2.75, 3.05) is 11.1 Å². The van der Waals surface area contributed by atoms with E-state index in [1.54, 1.807) is 42.2 Å². The van der Waals surface area contributed by atoms with Gasteiger partial charge in [-0.05, 0) is 18.2 Å². The van der Waals surface area contributed by atoms with Crippen LogP contribution in [0.2, 0.25) is 5.02 Å². The van der Waals surface area contributed by atoms with E-state index < -0.39 is 0 Å². The molecule has 88 valence electrons. The van der Waals surface area contributed by atoms with Crippen LogP contribution in [0.1, 0.15) is 10.4 Å². The molecule has 0 aliphatic carbocycles.